The number of nitrogens with one attached hydrogen (secondary N) is 1. The molecule has 4 nitrogen and oxygen atoms in total. The highest BCUT2D eigenvalue weighted by molar-refractivity contribution is 9.10. The van der Waals surface area contributed by atoms with E-state index < -0.39 is 0 Å². The quantitative estimate of drug-likeness (QED) is 0.717. The first-order chi connectivity index (χ1) is 11.4. The summed E-state index contributed by atoms with van der Waals surface area (Å²) in [6.07, 6.45) is 1.66. The van der Waals surface area contributed by atoms with E-state index in [1.165, 1.54) is 11.8 Å². The van der Waals surface area contributed by atoms with Gasteiger partial charge in [0.15, 0.2) is 5.17 Å². The molecule has 24 heavy (non-hydrogen) atoms. The molecule has 122 valence electrons. The van der Waals surface area contributed by atoms with Crippen LogP contribution in [0.5, 0.6) is 5.75 Å². The molecule has 0 aliphatic carbocycles. The number of carbonyl (C=O) groups is 1. The van der Waals surface area contributed by atoms with Crippen molar-refractivity contribution in [3.05, 3.63) is 62.5 Å². The lowest BCUT2D eigenvalue weighted by Crippen LogP contribution is -2.19. The number of amides is 1. The van der Waals surface area contributed by atoms with Crippen LogP contribution in [0.25, 0.3) is 6.08 Å². The lowest BCUT2D eigenvalue weighted by molar-refractivity contribution is -0.115. The maximum atomic E-state index is 12.2. The monoisotopic (exact) mass is 402 g/mol. The Hall–Kier alpha value is -2.05. The summed E-state index contributed by atoms with van der Waals surface area (Å²) in [5.41, 5.74) is 3.58. The number of nitrogens with zero attached hydrogens (tertiary/aromatic N) is 1. The SMILES string of the molecule is Cc1ccc(C)c(N=C2NC(=O)/C(=C/c3cc(Br)ccc3O)S2)c1. The predicted octanol–water partition coefficient (Wildman–Crippen LogP) is 4.66. The van der Waals surface area contributed by atoms with E-state index in [1.54, 1.807) is 24.3 Å². The average molecular weight is 403 g/mol. The zero-order valence-electron chi connectivity index (χ0n) is 13.1. The third-order valence-corrected chi connectivity index (χ3v) is 4.92. The molecule has 0 aromatic heterocycles. The maximum Gasteiger partial charge on any atom is 0.264 e. The standard InChI is InChI=1S/C18H15BrN2O2S/c1-10-3-4-11(2)14(7-10)20-18-21-17(23)16(24-18)9-12-8-13(19)5-6-15(12)22/h3-9,22H,1-2H3,(H,20,21,23)/b16-9-. The summed E-state index contributed by atoms with van der Waals surface area (Å²) >= 11 is 4.62. The molecule has 2 aromatic carbocycles. The molecule has 1 saturated heterocycles. The molecule has 2 aromatic rings. The van der Waals surface area contributed by atoms with Gasteiger partial charge in [-0.1, -0.05) is 28.1 Å². The van der Waals surface area contributed by atoms with Crippen LogP contribution in [0.4, 0.5) is 5.69 Å². The molecule has 0 radical (unpaired) electrons. The number of rotatable bonds is 2. The van der Waals surface area contributed by atoms with Gasteiger partial charge in [0.1, 0.15) is 5.75 Å². The van der Waals surface area contributed by atoms with Crippen LogP contribution in [0.15, 0.2) is 50.8 Å². The van der Waals surface area contributed by atoms with Crippen molar-refractivity contribution < 1.29 is 9.90 Å². The summed E-state index contributed by atoms with van der Waals surface area (Å²) in [6, 6.07) is 11.1. The van der Waals surface area contributed by atoms with Crippen molar-refractivity contribution in [1.29, 1.82) is 0 Å². The van der Waals surface area contributed by atoms with E-state index >= 15 is 0 Å². The first kappa shape index (κ1) is 16.8. The van der Waals surface area contributed by atoms with Gasteiger partial charge in [-0.25, -0.2) is 4.99 Å². The van der Waals surface area contributed by atoms with Crippen molar-refractivity contribution in [3.63, 3.8) is 0 Å². The first-order valence-electron chi connectivity index (χ1n) is 7.28. The predicted molar refractivity (Wildman–Crippen MR) is 103 cm³/mol. The van der Waals surface area contributed by atoms with Gasteiger partial charge >= 0.3 is 0 Å². The number of halogens is 1. The molecule has 0 atom stereocenters. The van der Waals surface area contributed by atoms with E-state index in [4.69, 9.17) is 0 Å². The molecule has 0 saturated carbocycles. The Morgan fingerprint density at radius 2 is 2.00 bits per heavy atom. The van der Waals surface area contributed by atoms with E-state index in [0.717, 1.165) is 21.3 Å². The molecule has 2 N–H and O–H groups in total. The van der Waals surface area contributed by atoms with Crippen LogP contribution in [0, 0.1) is 13.8 Å². The van der Waals surface area contributed by atoms with Gasteiger partial charge in [-0.05, 0) is 67.1 Å². The molecular formula is C18H15BrN2O2S. The van der Waals surface area contributed by atoms with Crippen molar-refractivity contribution >= 4 is 50.5 Å². The number of aromatic hydroxyl groups is 1. The van der Waals surface area contributed by atoms with E-state index in [-0.39, 0.29) is 11.7 Å². The highest BCUT2D eigenvalue weighted by Crippen LogP contribution is 2.32. The molecule has 3 rings (SSSR count). The molecule has 1 aliphatic heterocycles. The second-order valence-electron chi connectivity index (χ2n) is 5.47. The normalized spacial score (nSPS) is 17.5. The van der Waals surface area contributed by atoms with Gasteiger partial charge in [-0.15, -0.1) is 0 Å². The van der Waals surface area contributed by atoms with Gasteiger partial charge in [0.05, 0.1) is 10.6 Å². The lowest BCUT2D eigenvalue weighted by Gasteiger charge is -2.02. The van der Waals surface area contributed by atoms with E-state index in [2.05, 4.69) is 26.2 Å². The van der Waals surface area contributed by atoms with Crippen LogP contribution < -0.4 is 5.32 Å². The third-order valence-electron chi connectivity index (χ3n) is 3.51. The summed E-state index contributed by atoms with van der Waals surface area (Å²) in [5, 5.41) is 13.2. The first-order valence-corrected chi connectivity index (χ1v) is 8.89. The highest BCUT2D eigenvalue weighted by atomic mass is 79.9. The number of aliphatic imine (C=N–C) groups is 1. The summed E-state index contributed by atoms with van der Waals surface area (Å²) in [7, 11) is 0. The fourth-order valence-corrected chi connectivity index (χ4v) is 3.42. The Morgan fingerprint density at radius 3 is 2.79 bits per heavy atom. The summed E-state index contributed by atoms with van der Waals surface area (Å²) in [4.78, 5) is 17.2. The van der Waals surface area contributed by atoms with Gasteiger partial charge in [0.25, 0.3) is 5.91 Å². The summed E-state index contributed by atoms with van der Waals surface area (Å²) in [5.74, 6) is -0.0950. The Kier molecular flexibility index (Phi) is 4.78. The second-order valence-corrected chi connectivity index (χ2v) is 7.42. The van der Waals surface area contributed by atoms with Gasteiger partial charge in [0, 0.05) is 10.0 Å². The van der Waals surface area contributed by atoms with Gasteiger partial charge in [-0.3, -0.25) is 4.79 Å². The summed E-state index contributed by atoms with van der Waals surface area (Å²) < 4.78 is 0.833. The number of aryl methyl sites for hydroxylation is 2. The van der Waals surface area contributed by atoms with Crippen molar-refractivity contribution in [1.82, 2.24) is 5.32 Å². The zero-order valence-corrected chi connectivity index (χ0v) is 15.5. The van der Waals surface area contributed by atoms with Crippen LogP contribution in [0.3, 0.4) is 0 Å². The molecule has 1 heterocycles. The summed E-state index contributed by atoms with van der Waals surface area (Å²) in [6.45, 7) is 3.99. The van der Waals surface area contributed by atoms with Crippen LogP contribution >= 0.6 is 27.7 Å². The highest BCUT2D eigenvalue weighted by Gasteiger charge is 2.24. The molecule has 1 aliphatic rings. The minimum Gasteiger partial charge on any atom is -0.507 e. The van der Waals surface area contributed by atoms with E-state index in [1.807, 2.05) is 32.0 Å². The van der Waals surface area contributed by atoms with Crippen molar-refractivity contribution in [3.8, 4) is 5.75 Å². The fourth-order valence-electron chi connectivity index (χ4n) is 2.21. The van der Waals surface area contributed by atoms with Crippen molar-refractivity contribution in [2.45, 2.75) is 13.8 Å². The molecule has 0 bridgehead atoms. The average Bonchev–Trinajstić information content (AvgIpc) is 2.86. The maximum absolute atomic E-state index is 12.2. The van der Waals surface area contributed by atoms with Crippen LogP contribution in [-0.4, -0.2) is 16.2 Å². The second kappa shape index (κ2) is 6.83. The smallest absolute Gasteiger partial charge is 0.264 e. The zero-order chi connectivity index (χ0) is 17.3. The van der Waals surface area contributed by atoms with Crippen molar-refractivity contribution in [2.24, 2.45) is 4.99 Å². The molecular weight excluding hydrogens is 388 g/mol. The minimum absolute atomic E-state index is 0.124. The topological polar surface area (TPSA) is 61.7 Å². The fraction of sp³-hybridized carbons (Fsp3) is 0.111. The molecule has 0 unspecified atom stereocenters. The molecule has 6 heteroatoms. The Balaban J connectivity index is 1.91. The number of phenols is 1. The lowest BCUT2D eigenvalue weighted by atomic mass is 10.1. The Bertz CT molecular complexity index is 891. The van der Waals surface area contributed by atoms with Gasteiger partial charge in [0.2, 0.25) is 0 Å². The third kappa shape index (κ3) is 3.71. The van der Waals surface area contributed by atoms with Crippen LogP contribution in [0.1, 0.15) is 16.7 Å². The van der Waals surface area contributed by atoms with Crippen molar-refractivity contribution in [2.75, 3.05) is 0 Å². The number of benzene rings is 2. The van der Waals surface area contributed by atoms with Crippen LogP contribution in [0.2, 0.25) is 0 Å². The van der Waals surface area contributed by atoms with Gasteiger partial charge < -0.3 is 10.4 Å². The molecule has 1 amide bonds. The minimum atomic E-state index is -0.219. The number of phenolic OH excluding ortho intramolecular Hbond substituents is 1. The Morgan fingerprint density at radius 1 is 1.21 bits per heavy atom. The number of hydrogen-bond donors (Lipinski definition) is 2. The van der Waals surface area contributed by atoms with E-state index in [0.29, 0.717) is 15.6 Å². The molecule has 0 spiro atoms. The number of amidine groups is 1. The number of carbonyl (C=O) groups excluding carboxylic acids is 1. The van der Waals surface area contributed by atoms with Gasteiger partial charge in [-0.2, -0.15) is 0 Å². The number of thioether (sulfide) groups is 1. The molecule has 1 fully saturated rings. The Labute approximate surface area is 152 Å². The van der Waals surface area contributed by atoms with Crippen LogP contribution in [-0.2, 0) is 4.79 Å². The largest absolute Gasteiger partial charge is 0.507 e. The van der Waals surface area contributed by atoms with E-state index in [9.17, 15) is 9.90 Å². The number of hydrogen-bond acceptors (Lipinski definition) is 4.